The van der Waals surface area contributed by atoms with Gasteiger partial charge in [0.2, 0.25) is 15.9 Å². The van der Waals surface area contributed by atoms with Crippen LogP contribution in [0.2, 0.25) is 0 Å². The smallest absolute Gasteiger partial charge is 0.242 e. The third kappa shape index (κ3) is 3.60. The predicted octanol–water partition coefficient (Wildman–Crippen LogP) is 3.03. The Morgan fingerprint density at radius 2 is 2.07 bits per heavy atom. The Labute approximate surface area is 166 Å². The van der Waals surface area contributed by atoms with Crippen LogP contribution in [-0.4, -0.2) is 47.6 Å². The van der Waals surface area contributed by atoms with Crippen molar-refractivity contribution in [2.24, 2.45) is 0 Å². The average Bonchev–Trinajstić information content (AvgIpc) is 3.29. The van der Waals surface area contributed by atoms with E-state index < -0.39 is 16.1 Å². The molecule has 28 heavy (non-hydrogen) atoms. The first-order valence-corrected chi connectivity index (χ1v) is 11.5. The molecule has 0 spiro atoms. The number of thiazole rings is 1. The summed E-state index contributed by atoms with van der Waals surface area (Å²) >= 11 is 1.45. The Bertz CT molecular complexity index is 1120. The molecule has 2 N–H and O–H groups in total. The topological polar surface area (TPSA) is 99.6 Å². The minimum Gasteiger partial charge on any atom is -0.507 e. The van der Waals surface area contributed by atoms with Crippen molar-refractivity contribution in [3.63, 3.8) is 0 Å². The highest BCUT2D eigenvalue weighted by molar-refractivity contribution is 7.88. The van der Waals surface area contributed by atoms with E-state index in [4.69, 9.17) is 0 Å². The van der Waals surface area contributed by atoms with Crippen LogP contribution in [-0.2, 0) is 14.8 Å². The zero-order chi connectivity index (χ0) is 19.9. The van der Waals surface area contributed by atoms with Crippen LogP contribution in [0.15, 0.2) is 42.5 Å². The number of carbonyl (C=O) groups excluding carboxylic acids is 1. The Morgan fingerprint density at radius 1 is 1.29 bits per heavy atom. The van der Waals surface area contributed by atoms with E-state index in [0.717, 1.165) is 16.5 Å². The van der Waals surface area contributed by atoms with Crippen molar-refractivity contribution in [1.29, 1.82) is 0 Å². The number of fused-ring (bicyclic) bond motifs is 1. The maximum atomic E-state index is 12.7. The quantitative estimate of drug-likeness (QED) is 0.636. The van der Waals surface area contributed by atoms with Gasteiger partial charge in [-0.15, -0.1) is 11.3 Å². The van der Waals surface area contributed by atoms with Gasteiger partial charge < -0.3 is 10.4 Å². The maximum Gasteiger partial charge on any atom is 0.242 e. The van der Waals surface area contributed by atoms with Gasteiger partial charge in [-0.2, -0.15) is 4.31 Å². The van der Waals surface area contributed by atoms with Crippen molar-refractivity contribution in [3.8, 4) is 16.3 Å². The van der Waals surface area contributed by atoms with E-state index in [-0.39, 0.29) is 11.7 Å². The number of aromatic nitrogens is 1. The summed E-state index contributed by atoms with van der Waals surface area (Å²) in [6.07, 6.45) is 2.25. The van der Waals surface area contributed by atoms with E-state index in [2.05, 4.69) is 10.3 Å². The number of hydrogen-bond acceptors (Lipinski definition) is 6. The Kier molecular flexibility index (Phi) is 4.82. The minimum absolute atomic E-state index is 0.0654. The molecule has 4 rings (SSSR count). The zero-order valence-electron chi connectivity index (χ0n) is 15.1. The van der Waals surface area contributed by atoms with E-state index in [1.54, 1.807) is 12.1 Å². The third-order valence-corrected chi connectivity index (χ3v) is 7.08. The third-order valence-electron chi connectivity index (χ3n) is 4.72. The van der Waals surface area contributed by atoms with E-state index >= 15 is 0 Å². The van der Waals surface area contributed by atoms with Crippen molar-refractivity contribution in [2.45, 2.75) is 18.9 Å². The highest BCUT2D eigenvalue weighted by Gasteiger charge is 2.36. The van der Waals surface area contributed by atoms with Gasteiger partial charge in [-0.3, -0.25) is 4.79 Å². The summed E-state index contributed by atoms with van der Waals surface area (Å²) in [5.74, 6) is -0.306. The molecule has 0 aliphatic carbocycles. The average molecular weight is 418 g/mol. The molecular weight excluding hydrogens is 398 g/mol. The largest absolute Gasteiger partial charge is 0.507 e. The Hall–Kier alpha value is -2.49. The van der Waals surface area contributed by atoms with Gasteiger partial charge in [0.05, 0.1) is 22.0 Å². The standard InChI is InChI=1S/C19H19N3O4S2/c1-28(25,26)22-10-4-6-15(22)18(24)20-12-8-9-16(23)13(11-12)19-21-14-5-2-3-7-17(14)27-19/h2-3,5,7-9,11,15,23H,4,6,10H2,1H3,(H,20,24). The fraction of sp³-hybridized carbons (Fsp3) is 0.263. The molecule has 2 heterocycles. The highest BCUT2D eigenvalue weighted by Crippen LogP contribution is 2.37. The molecule has 1 fully saturated rings. The fourth-order valence-electron chi connectivity index (χ4n) is 3.40. The molecule has 0 saturated carbocycles. The number of nitrogens with zero attached hydrogens (tertiary/aromatic N) is 2. The Morgan fingerprint density at radius 3 is 2.82 bits per heavy atom. The molecule has 2 aromatic carbocycles. The van der Waals surface area contributed by atoms with Gasteiger partial charge >= 0.3 is 0 Å². The second-order valence-electron chi connectivity index (χ2n) is 6.74. The normalized spacial score (nSPS) is 17.8. The van der Waals surface area contributed by atoms with Gasteiger partial charge in [-0.25, -0.2) is 13.4 Å². The number of phenols is 1. The van der Waals surface area contributed by atoms with Gasteiger partial charge in [0.25, 0.3) is 0 Å². The fourth-order valence-corrected chi connectivity index (χ4v) is 5.51. The number of aromatic hydroxyl groups is 1. The molecule has 1 aliphatic rings. The van der Waals surface area contributed by atoms with Crippen LogP contribution in [0.1, 0.15) is 12.8 Å². The summed E-state index contributed by atoms with van der Waals surface area (Å²) in [5, 5.41) is 13.7. The molecule has 7 nitrogen and oxygen atoms in total. The summed E-state index contributed by atoms with van der Waals surface area (Å²) < 4.78 is 26.0. The molecule has 1 atom stereocenters. The number of hydrogen-bond donors (Lipinski definition) is 2. The van der Waals surface area contributed by atoms with Crippen LogP contribution in [0, 0.1) is 0 Å². The SMILES string of the molecule is CS(=O)(=O)N1CCCC1C(=O)Nc1ccc(O)c(-c2nc3ccccc3s2)c1. The van der Waals surface area contributed by atoms with Crippen molar-refractivity contribution in [1.82, 2.24) is 9.29 Å². The summed E-state index contributed by atoms with van der Waals surface area (Å²) in [6, 6.07) is 11.7. The number of anilines is 1. The van der Waals surface area contributed by atoms with E-state index in [1.807, 2.05) is 24.3 Å². The Balaban J connectivity index is 1.61. The molecule has 0 radical (unpaired) electrons. The number of sulfonamides is 1. The number of benzene rings is 2. The van der Waals surface area contributed by atoms with Crippen LogP contribution >= 0.6 is 11.3 Å². The van der Waals surface area contributed by atoms with Crippen molar-refractivity contribution >= 4 is 43.2 Å². The van der Waals surface area contributed by atoms with Crippen LogP contribution in [0.3, 0.4) is 0 Å². The number of carbonyl (C=O) groups is 1. The number of nitrogens with one attached hydrogen (secondary N) is 1. The first-order chi connectivity index (χ1) is 13.3. The molecule has 1 unspecified atom stereocenters. The van der Waals surface area contributed by atoms with Gasteiger partial charge in [-0.05, 0) is 43.2 Å². The first kappa shape index (κ1) is 18.9. The predicted molar refractivity (Wildman–Crippen MR) is 110 cm³/mol. The van der Waals surface area contributed by atoms with Crippen molar-refractivity contribution < 1.29 is 18.3 Å². The van der Waals surface area contributed by atoms with Gasteiger partial charge in [0.1, 0.15) is 16.8 Å². The second kappa shape index (κ2) is 7.16. The number of amides is 1. The van der Waals surface area contributed by atoms with Crippen molar-refractivity contribution in [3.05, 3.63) is 42.5 Å². The van der Waals surface area contributed by atoms with Crippen LogP contribution < -0.4 is 5.32 Å². The highest BCUT2D eigenvalue weighted by atomic mass is 32.2. The van der Waals surface area contributed by atoms with E-state index in [1.165, 1.54) is 21.7 Å². The monoisotopic (exact) mass is 417 g/mol. The molecular formula is C19H19N3O4S2. The molecule has 1 aromatic heterocycles. The minimum atomic E-state index is -3.44. The second-order valence-corrected chi connectivity index (χ2v) is 9.71. The molecule has 1 saturated heterocycles. The first-order valence-electron chi connectivity index (χ1n) is 8.79. The maximum absolute atomic E-state index is 12.7. The molecule has 9 heteroatoms. The lowest BCUT2D eigenvalue weighted by Crippen LogP contribution is -2.42. The number of phenolic OH excluding ortho intramolecular Hbond substituents is 1. The summed E-state index contributed by atoms with van der Waals surface area (Å²) in [4.78, 5) is 17.2. The molecule has 1 amide bonds. The van der Waals surface area contributed by atoms with Crippen LogP contribution in [0.25, 0.3) is 20.8 Å². The van der Waals surface area contributed by atoms with E-state index in [9.17, 15) is 18.3 Å². The lowest BCUT2D eigenvalue weighted by Gasteiger charge is -2.21. The number of rotatable bonds is 4. The molecule has 146 valence electrons. The lowest BCUT2D eigenvalue weighted by atomic mass is 10.1. The van der Waals surface area contributed by atoms with E-state index in [0.29, 0.717) is 35.6 Å². The van der Waals surface area contributed by atoms with Gasteiger partial charge in [-0.1, -0.05) is 12.1 Å². The molecule has 0 bridgehead atoms. The van der Waals surface area contributed by atoms with Crippen LogP contribution in [0.4, 0.5) is 5.69 Å². The molecule has 1 aliphatic heterocycles. The molecule has 3 aromatic rings. The lowest BCUT2D eigenvalue weighted by molar-refractivity contribution is -0.119. The zero-order valence-corrected chi connectivity index (χ0v) is 16.8. The van der Waals surface area contributed by atoms with Crippen LogP contribution in [0.5, 0.6) is 5.75 Å². The summed E-state index contributed by atoms with van der Waals surface area (Å²) in [5.41, 5.74) is 1.84. The van der Waals surface area contributed by atoms with Gasteiger partial charge in [0.15, 0.2) is 0 Å². The summed E-state index contributed by atoms with van der Waals surface area (Å²) in [7, 11) is -3.44. The van der Waals surface area contributed by atoms with Crippen molar-refractivity contribution in [2.75, 3.05) is 18.1 Å². The summed E-state index contributed by atoms with van der Waals surface area (Å²) in [6.45, 7) is 0.351. The van der Waals surface area contributed by atoms with Gasteiger partial charge in [0, 0.05) is 12.2 Å². The number of para-hydroxylation sites is 1.